The van der Waals surface area contributed by atoms with E-state index < -0.39 is 0 Å². The zero-order chi connectivity index (χ0) is 10.3. The van der Waals surface area contributed by atoms with Crippen LogP contribution in [0.15, 0.2) is 61.1 Å². The lowest BCUT2D eigenvalue weighted by Gasteiger charge is -2.13. The van der Waals surface area contributed by atoms with E-state index in [1.54, 1.807) is 12.5 Å². The standard InChI is InChI=1S/C13H12O2/c1-2-6-12(7-3-1)9-11-15-13-8-4-5-10-14-13/h1-11,13H. The highest BCUT2D eigenvalue weighted by atomic mass is 16.7. The average molecular weight is 200 g/mol. The van der Waals surface area contributed by atoms with Gasteiger partial charge in [-0.25, -0.2) is 0 Å². The molecule has 0 saturated carbocycles. The van der Waals surface area contributed by atoms with Crippen molar-refractivity contribution >= 4 is 6.08 Å². The van der Waals surface area contributed by atoms with Crippen molar-refractivity contribution in [2.45, 2.75) is 6.29 Å². The van der Waals surface area contributed by atoms with Gasteiger partial charge < -0.3 is 9.47 Å². The van der Waals surface area contributed by atoms with Gasteiger partial charge in [0.05, 0.1) is 12.5 Å². The maximum absolute atomic E-state index is 5.35. The molecular formula is C13H12O2. The molecule has 0 bridgehead atoms. The fourth-order valence-electron chi connectivity index (χ4n) is 1.21. The molecule has 1 aliphatic heterocycles. The highest BCUT2D eigenvalue weighted by molar-refractivity contribution is 5.47. The minimum absolute atomic E-state index is 0.310. The molecule has 1 aromatic carbocycles. The van der Waals surface area contributed by atoms with Crippen LogP contribution in [0.4, 0.5) is 0 Å². The fourth-order valence-corrected chi connectivity index (χ4v) is 1.21. The van der Waals surface area contributed by atoms with Crippen LogP contribution in [0.1, 0.15) is 5.56 Å². The van der Waals surface area contributed by atoms with E-state index in [0.717, 1.165) is 5.56 Å². The van der Waals surface area contributed by atoms with Gasteiger partial charge in [0.1, 0.15) is 0 Å². The molecule has 0 radical (unpaired) electrons. The Morgan fingerprint density at radius 2 is 2.00 bits per heavy atom. The van der Waals surface area contributed by atoms with Crippen LogP contribution < -0.4 is 0 Å². The Morgan fingerprint density at radius 3 is 2.73 bits per heavy atom. The molecule has 0 aromatic heterocycles. The van der Waals surface area contributed by atoms with E-state index in [0.29, 0.717) is 0 Å². The van der Waals surface area contributed by atoms with Gasteiger partial charge in [-0.1, -0.05) is 36.4 Å². The number of hydrogen-bond donors (Lipinski definition) is 0. The molecule has 0 aliphatic carbocycles. The molecule has 1 aromatic rings. The highest BCUT2D eigenvalue weighted by Crippen LogP contribution is 2.06. The summed E-state index contributed by atoms with van der Waals surface area (Å²) in [6, 6.07) is 9.98. The predicted octanol–water partition coefficient (Wildman–Crippen LogP) is 3.10. The molecule has 1 atom stereocenters. The molecule has 76 valence electrons. The van der Waals surface area contributed by atoms with Gasteiger partial charge >= 0.3 is 0 Å². The van der Waals surface area contributed by atoms with Gasteiger partial charge in [0.2, 0.25) is 0 Å². The van der Waals surface area contributed by atoms with Crippen LogP contribution in [-0.4, -0.2) is 6.29 Å². The molecule has 2 rings (SSSR count). The molecule has 1 unspecified atom stereocenters. The van der Waals surface area contributed by atoms with E-state index in [9.17, 15) is 0 Å². The first kappa shape index (κ1) is 9.59. The van der Waals surface area contributed by atoms with Gasteiger partial charge in [0.15, 0.2) is 0 Å². The summed E-state index contributed by atoms with van der Waals surface area (Å²) in [5, 5.41) is 0. The van der Waals surface area contributed by atoms with Crippen molar-refractivity contribution < 1.29 is 9.47 Å². The number of hydrogen-bond acceptors (Lipinski definition) is 2. The Kier molecular flexibility index (Phi) is 3.23. The second-order valence-corrected chi connectivity index (χ2v) is 3.07. The van der Waals surface area contributed by atoms with Crippen LogP contribution in [0.25, 0.3) is 6.08 Å². The summed E-state index contributed by atoms with van der Waals surface area (Å²) in [5.41, 5.74) is 1.10. The summed E-state index contributed by atoms with van der Waals surface area (Å²) in [4.78, 5) is 0. The summed E-state index contributed by atoms with van der Waals surface area (Å²) >= 11 is 0. The van der Waals surface area contributed by atoms with E-state index in [-0.39, 0.29) is 6.29 Å². The van der Waals surface area contributed by atoms with E-state index >= 15 is 0 Å². The third-order valence-electron chi connectivity index (χ3n) is 1.94. The quantitative estimate of drug-likeness (QED) is 0.698. The Labute approximate surface area is 89.1 Å². The normalized spacial score (nSPS) is 19.1. The van der Waals surface area contributed by atoms with Crippen LogP contribution >= 0.6 is 0 Å². The van der Waals surface area contributed by atoms with E-state index in [4.69, 9.17) is 9.47 Å². The van der Waals surface area contributed by atoms with Crippen molar-refractivity contribution in [3.8, 4) is 0 Å². The van der Waals surface area contributed by atoms with Crippen molar-refractivity contribution in [1.82, 2.24) is 0 Å². The summed E-state index contributed by atoms with van der Waals surface area (Å²) < 4.78 is 10.5. The zero-order valence-corrected chi connectivity index (χ0v) is 8.24. The fraction of sp³-hybridized carbons (Fsp3) is 0.0769. The smallest absolute Gasteiger partial charge is 0.259 e. The van der Waals surface area contributed by atoms with Gasteiger partial charge in [-0.15, -0.1) is 0 Å². The van der Waals surface area contributed by atoms with Crippen molar-refractivity contribution in [3.05, 3.63) is 66.6 Å². The molecule has 0 fully saturated rings. The van der Waals surface area contributed by atoms with Gasteiger partial charge in [-0.3, -0.25) is 0 Å². The van der Waals surface area contributed by atoms with Crippen molar-refractivity contribution in [1.29, 1.82) is 0 Å². The first-order valence-corrected chi connectivity index (χ1v) is 4.81. The number of allylic oxidation sites excluding steroid dienone is 2. The first-order chi connectivity index (χ1) is 7.45. The third-order valence-corrected chi connectivity index (χ3v) is 1.94. The van der Waals surface area contributed by atoms with Gasteiger partial charge in [-0.2, -0.15) is 0 Å². The number of ether oxygens (including phenoxy) is 2. The van der Waals surface area contributed by atoms with Gasteiger partial charge in [0.25, 0.3) is 6.29 Å². The molecule has 0 saturated heterocycles. The number of rotatable bonds is 3. The second-order valence-electron chi connectivity index (χ2n) is 3.07. The third kappa shape index (κ3) is 3.02. The van der Waals surface area contributed by atoms with E-state index in [1.165, 1.54) is 0 Å². The summed E-state index contributed by atoms with van der Waals surface area (Å²) in [6.07, 6.45) is 10.4. The maximum Gasteiger partial charge on any atom is 0.259 e. The summed E-state index contributed by atoms with van der Waals surface area (Å²) in [6.45, 7) is 0. The topological polar surface area (TPSA) is 18.5 Å². The molecule has 15 heavy (non-hydrogen) atoms. The van der Waals surface area contributed by atoms with Crippen LogP contribution in [0.5, 0.6) is 0 Å². The van der Waals surface area contributed by atoms with Crippen LogP contribution in [0.2, 0.25) is 0 Å². The molecule has 2 heteroatoms. The first-order valence-electron chi connectivity index (χ1n) is 4.81. The lowest BCUT2D eigenvalue weighted by atomic mass is 10.2. The molecule has 0 spiro atoms. The minimum Gasteiger partial charge on any atom is -0.459 e. The zero-order valence-electron chi connectivity index (χ0n) is 8.24. The Hall–Kier alpha value is -1.96. The molecule has 1 heterocycles. The molecule has 1 aliphatic rings. The van der Waals surface area contributed by atoms with Crippen molar-refractivity contribution in [3.63, 3.8) is 0 Å². The lowest BCUT2D eigenvalue weighted by Crippen LogP contribution is -2.09. The second kappa shape index (κ2) is 5.05. The molecular weight excluding hydrogens is 188 g/mol. The largest absolute Gasteiger partial charge is 0.459 e. The summed E-state index contributed by atoms with van der Waals surface area (Å²) in [7, 11) is 0. The van der Waals surface area contributed by atoms with Crippen LogP contribution in [0.3, 0.4) is 0 Å². The van der Waals surface area contributed by atoms with Gasteiger partial charge in [0, 0.05) is 0 Å². The monoisotopic (exact) mass is 200 g/mol. The molecule has 0 N–H and O–H groups in total. The summed E-state index contributed by atoms with van der Waals surface area (Å²) in [5.74, 6) is 0. The van der Waals surface area contributed by atoms with Crippen molar-refractivity contribution in [2.24, 2.45) is 0 Å². The average Bonchev–Trinajstić information content (AvgIpc) is 2.32. The maximum atomic E-state index is 5.35. The SMILES string of the molecule is C1=COC(OC=Cc2ccccc2)C=C1. The predicted molar refractivity (Wildman–Crippen MR) is 59.7 cm³/mol. The minimum atomic E-state index is -0.310. The van der Waals surface area contributed by atoms with Crippen LogP contribution in [-0.2, 0) is 9.47 Å². The molecule has 0 amide bonds. The number of benzene rings is 1. The van der Waals surface area contributed by atoms with E-state index in [1.807, 2.05) is 54.6 Å². The Balaban J connectivity index is 1.85. The molecule has 2 nitrogen and oxygen atoms in total. The Morgan fingerprint density at radius 1 is 1.13 bits per heavy atom. The van der Waals surface area contributed by atoms with Crippen molar-refractivity contribution in [2.75, 3.05) is 0 Å². The van der Waals surface area contributed by atoms with Crippen LogP contribution in [0, 0.1) is 0 Å². The van der Waals surface area contributed by atoms with E-state index in [2.05, 4.69) is 0 Å². The lowest BCUT2D eigenvalue weighted by molar-refractivity contribution is -0.0242. The van der Waals surface area contributed by atoms with Gasteiger partial charge in [-0.05, 0) is 23.8 Å². The Bertz CT molecular complexity index is 377. The highest BCUT2D eigenvalue weighted by Gasteiger charge is 2.02.